The summed E-state index contributed by atoms with van der Waals surface area (Å²) in [6.07, 6.45) is 6.77. The third-order valence-electron chi connectivity index (χ3n) is 2.64. The van der Waals surface area contributed by atoms with Gasteiger partial charge in [-0.25, -0.2) is 9.78 Å². The Balaban J connectivity index is 2.23. The van der Waals surface area contributed by atoms with Crippen molar-refractivity contribution < 1.29 is 14.3 Å². The molecule has 0 atom stereocenters. The van der Waals surface area contributed by atoms with Gasteiger partial charge in [-0.3, -0.25) is 0 Å². The summed E-state index contributed by atoms with van der Waals surface area (Å²) in [5.41, 5.74) is 1.70. The van der Waals surface area contributed by atoms with Crippen LogP contribution in [-0.2, 0) is 11.3 Å². The first-order valence-electron chi connectivity index (χ1n) is 5.96. The van der Waals surface area contributed by atoms with Gasteiger partial charge in [0, 0.05) is 11.8 Å². The van der Waals surface area contributed by atoms with Gasteiger partial charge in [0.25, 0.3) is 0 Å². The maximum absolute atomic E-state index is 11.7. The monoisotopic (exact) mass is 267 g/mol. The molecule has 0 N–H and O–H groups in total. The molecule has 0 aliphatic rings. The first-order chi connectivity index (χ1) is 9.74. The summed E-state index contributed by atoms with van der Waals surface area (Å²) in [5.74, 6) is 2.10. The predicted molar refractivity (Wildman–Crippen MR) is 74.3 cm³/mol. The van der Waals surface area contributed by atoms with Crippen LogP contribution in [0.25, 0.3) is 0 Å². The molecule has 0 amide bonds. The average Bonchev–Trinajstić information content (AvgIpc) is 2.53. The number of terminal acetylenes is 1. The summed E-state index contributed by atoms with van der Waals surface area (Å²) < 4.78 is 10.3. The lowest BCUT2D eigenvalue weighted by Gasteiger charge is -2.09. The minimum atomic E-state index is -0.530. The topological polar surface area (TPSA) is 48.4 Å². The largest absolute Gasteiger partial charge is 0.472 e. The quantitative estimate of drug-likeness (QED) is 0.630. The number of ether oxygens (including phenoxy) is 2. The zero-order valence-electron chi connectivity index (χ0n) is 11.0. The van der Waals surface area contributed by atoms with Crippen LogP contribution in [0.15, 0.2) is 42.6 Å². The van der Waals surface area contributed by atoms with Crippen LogP contribution in [0.2, 0.25) is 0 Å². The van der Waals surface area contributed by atoms with Crippen LogP contribution in [0.5, 0.6) is 5.88 Å². The number of hydrogen-bond acceptors (Lipinski definition) is 4. The van der Waals surface area contributed by atoms with Gasteiger partial charge in [-0.15, -0.1) is 6.42 Å². The van der Waals surface area contributed by atoms with Crippen LogP contribution in [0.1, 0.15) is 21.5 Å². The number of rotatable bonds is 4. The predicted octanol–water partition coefficient (Wildman–Crippen LogP) is 2.43. The molecule has 0 saturated carbocycles. The van der Waals surface area contributed by atoms with Crippen LogP contribution in [0.3, 0.4) is 0 Å². The maximum Gasteiger partial charge on any atom is 0.343 e. The molecule has 0 fully saturated rings. The summed E-state index contributed by atoms with van der Waals surface area (Å²) in [7, 11) is 1.30. The molecule has 1 aromatic carbocycles. The molecule has 0 aliphatic heterocycles. The molecule has 2 aromatic rings. The smallest absolute Gasteiger partial charge is 0.343 e. The van der Waals surface area contributed by atoms with Crippen LogP contribution in [0, 0.1) is 12.3 Å². The molecule has 0 saturated heterocycles. The van der Waals surface area contributed by atoms with Gasteiger partial charge < -0.3 is 9.47 Å². The second-order valence-corrected chi connectivity index (χ2v) is 3.99. The zero-order chi connectivity index (χ0) is 14.4. The molecule has 0 bridgehead atoms. The summed E-state index contributed by atoms with van der Waals surface area (Å²) in [4.78, 5) is 15.8. The van der Waals surface area contributed by atoms with Gasteiger partial charge in [0.2, 0.25) is 5.88 Å². The Morgan fingerprint density at radius 1 is 1.35 bits per heavy atom. The number of pyridine rings is 1. The summed E-state index contributed by atoms with van der Waals surface area (Å²) in [6.45, 7) is 0.313. The van der Waals surface area contributed by atoms with Gasteiger partial charge in [-0.2, -0.15) is 0 Å². The highest BCUT2D eigenvalue weighted by molar-refractivity contribution is 5.92. The molecule has 2 rings (SSSR count). The third kappa shape index (κ3) is 3.15. The number of esters is 1. The van der Waals surface area contributed by atoms with Crippen molar-refractivity contribution in [1.29, 1.82) is 0 Å². The lowest BCUT2D eigenvalue weighted by Crippen LogP contribution is -2.08. The van der Waals surface area contributed by atoms with E-state index in [-0.39, 0.29) is 11.4 Å². The van der Waals surface area contributed by atoms with E-state index in [9.17, 15) is 4.79 Å². The third-order valence-corrected chi connectivity index (χ3v) is 2.64. The molecular weight excluding hydrogens is 254 g/mol. The Morgan fingerprint density at radius 2 is 2.10 bits per heavy atom. The van der Waals surface area contributed by atoms with Gasteiger partial charge in [-0.1, -0.05) is 36.3 Å². The number of nitrogens with zero attached hydrogens (tertiary/aromatic N) is 1. The minimum absolute atomic E-state index is 0.208. The Hall–Kier alpha value is -2.80. The van der Waals surface area contributed by atoms with Crippen molar-refractivity contribution in [3.8, 4) is 18.2 Å². The molecule has 0 spiro atoms. The highest BCUT2D eigenvalue weighted by Crippen LogP contribution is 2.19. The fourth-order valence-electron chi connectivity index (χ4n) is 1.63. The molecule has 0 radical (unpaired) electrons. The van der Waals surface area contributed by atoms with Crippen molar-refractivity contribution in [2.24, 2.45) is 0 Å². The van der Waals surface area contributed by atoms with E-state index >= 15 is 0 Å². The lowest BCUT2D eigenvalue weighted by atomic mass is 10.2. The second kappa shape index (κ2) is 6.39. The first-order valence-corrected chi connectivity index (χ1v) is 5.96. The van der Waals surface area contributed by atoms with Gasteiger partial charge >= 0.3 is 5.97 Å². The van der Waals surface area contributed by atoms with E-state index in [0.717, 1.165) is 5.56 Å². The van der Waals surface area contributed by atoms with E-state index in [1.165, 1.54) is 19.4 Å². The van der Waals surface area contributed by atoms with Crippen LogP contribution in [0.4, 0.5) is 0 Å². The highest BCUT2D eigenvalue weighted by Gasteiger charge is 2.15. The molecule has 1 heterocycles. The number of aromatic nitrogens is 1. The van der Waals surface area contributed by atoms with Gasteiger partial charge in [0.1, 0.15) is 12.2 Å². The first kappa shape index (κ1) is 13.6. The number of hydrogen-bond donors (Lipinski definition) is 0. The molecular formula is C16H13NO3. The van der Waals surface area contributed by atoms with Crippen molar-refractivity contribution >= 4 is 5.97 Å². The molecule has 4 heteroatoms. The van der Waals surface area contributed by atoms with E-state index in [4.69, 9.17) is 15.9 Å². The maximum atomic E-state index is 11.7. The fraction of sp³-hybridized carbons (Fsp3) is 0.125. The highest BCUT2D eigenvalue weighted by atomic mass is 16.5. The van der Waals surface area contributed by atoms with E-state index in [1.54, 1.807) is 0 Å². The van der Waals surface area contributed by atoms with Crippen LogP contribution < -0.4 is 4.74 Å². The standard InChI is InChI=1S/C16H13NO3/c1-3-12-9-14(16(18)19-2)15(17-10-12)20-11-13-7-5-4-6-8-13/h1,4-10H,11H2,2H3. The number of carbonyl (C=O) groups excluding carboxylic acids is 1. The molecule has 0 aliphatic carbocycles. The number of benzene rings is 1. The van der Waals surface area contributed by atoms with Gasteiger partial charge in [0.05, 0.1) is 7.11 Å². The fourth-order valence-corrected chi connectivity index (χ4v) is 1.63. The minimum Gasteiger partial charge on any atom is -0.472 e. The SMILES string of the molecule is C#Cc1cnc(OCc2ccccc2)c(C(=O)OC)c1. The summed E-state index contributed by atoms with van der Waals surface area (Å²) >= 11 is 0. The van der Waals surface area contributed by atoms with E-state index in [2.05, 4.69) is 10.9 Å². The van der Waals surface area contributed by atoms with Crippen LogP contribution >= 0.6 is 0 Å². The van der Waals surface area contributed by atoms with E-state index in [1.807, 2.05) is 30.3 Å². The Bertz CT molecular complexity index is 645. The second-order valence-electron chi connectivity index (χ2n) is 3.99. The van der Waals surface area contributed by atoms with Crippen molar-refractivity contribution in [3.63, 3.8) is 0 Å². The summed E-state index contributed by atoms with van der Waals surface area (Å²) in [5, 5.41) is 0. The van der Waals surface area contributed by atoms with Crippen molar-refractivity contribution in [3.05, 3.63) is 59.3 Å². The van der Waals surface area contributed by atoms with E-state index < -0.39 is 5.97 Å². The van der Waals surface area contributed by atoms with Gasteiger partial charge in [0.15, 0.2) is 0 Å². The summed E-state index contributed by atoms with van der Waals surface area (Å²) in [6, 6.07) is 11.1. The Labute approximate surface area is 117 Å². The average molecular weight is 267 g/mol. The van der Waals surface area contributed by atoms with E-state index in [0.29, 0.717) is 12.2 Å². The molecule has 4 nitrogen and oxygen atoms in total. The zero-order valence-corrected chi connectivity index (χ0v) is 11.0. The van der Waals surface area contributed by atoms with Crippen molar-refractivity contribution in [2.45, 2.75) is 6.61 Å². The number of methoxy groups -OCH3 is 1. The van der Waals surface area contributed by atoms with Crippen LogP contribution in [-0.4, -0.2) is 18.1 Å². The number of carbonyl (C=O) groups is 1. The van der Waals surface area contributed by atoms with Gasteiger partial charge in [-0.05, 0) is 11.6 Å². The normalized spacial score (nSPS) is 9.60. The Morgan fingerprint density at radius 3 is 2.75 bits per heavy atom. The lowest BCUT2D eigenvalue weighted by molar-refractivity contribution is 0.0594. The van der Waals surface area contributed by atoms with Crippen molar-refractivity contribution in [1.82, 2.24) is 4.98 Å². The molecule has 0 unspecified atom stereocenters. The molecule has 20 heavy (non-hydrogen) atoms. The molecule has 1 aromatic heterocycles. The van der Waals surface area contributed by atoms with Crippen molar-refractivity contribution in [2.75, 3.05) is 7.11 Å². The Kier molecular flexibility index (Phi) is 4.35. The molecule has 100 valence electrons.